The van der Waals surface area contributed by atoms with Crippen LogP contribution in [0.3, 0.4) is 0 Å². The second kappa shape index (κ2) is 6.76. The van der Waals surface area contributed by atoms with Crippen LogP contribution < -0.4 is 4.90 Å². The number of nitrogens with zero attached hydrogens (tertiary/aromatic N) is 3. The van der Waals surface area contributed by atoms with Gasteiger partial charge in [-0.3, -0.25) is 14.9 Å². The first-order valence-corrected chi connectivity index (χ1v) is 9.17. The lowest BCUT2D eigenvalue weighted by Gasteiger charge is -2.16. The summed E-state index contributed by atoms with van der Waals surface area (Å²) in [5.41, 5.74) is 2.59. The summed E-state index contributed by atoms with van der Waals surface area (Å²) >= 11 is 1.40. The molecule has 0 saturated heterocycles. The maximum Gasteiger partial charge on any atom is 0.269 e. The minimum absolute atomic E-state index is 0.0161. The third kappa shape index (κ3) is 3.13. The van der Waals surface area contributed by atoms with Gasteiger partial charge in [0, 0.05) is 29.8 Å². The largest absolute Gasteiger partial charge is 0.311 e. The predicted octanol–water partition coefficient (Wildman–Crippen LogP) is 3.82. The minimum Gasteiger partial charge on any atom is -0.311 e. The number of nitro groups is 1. The number of non-ortho nitro benzene ring substituents is 1. The van der Waals surface area contributed by atoms with E-state index in [0.717, 1.165) is 27.2 Å². The molecule has 0 saturated carbocycles. The molecule has 0 radical (unpaired) electrons. The molecule has 0 spiro atoms. The molecule has 2 heterocycles. The number of aromatic nitrogens is 1. The summed E-state index contributed by atoms with van der Waals surface area (Å²) in [5, 5.41) is 12.8. The molecule has 2 aromatic carbocycles. The highest BCUT2D eigenvalue weighted by Crippen LogP contribution is 2.32. The summed E-state index contributed by atoms with van der Waals surface area (Å²) in [5.74, 6) is 0.263. The van der Waals surface area contributed by atoms with Gasteiger partial charge in [-0.05, 0) is 30.2 Å². The number of fused-ring (bicyclic) bond motifs is 2. The molecule has 0 atom stereocenters. The normalized spacial score (nSPS) is 13.0. The number of hydrogen-bond donors (Lipinski definition) is 0. The first kappa shape index (κ1) is 16.5. The van der Waals surface area contributed by atoms with Gasteiger partial charge in [-0.2, -0.15) is 0 Å². The van der Waals surface area contributed by atoms with Crippen molar-refractivity contribution < 1.29 is 9.72 Å². The summed E-state index contributed by atoms with van der Waals surface area (Å²) in [7, 11) is 0. The lowest BCUT2D eigenvalue weighted by Crippen LogP contribution is -2.30. The smallest absolute Gasteiger partial charge is 0.269 e. The number of anilines is 1. The van der Waals surface area contributed by atoms with E-state index in [9.17, 15) is 14.9 Å². The summed E-state index contributed by atoms with van der Waals surface area (Å²) < 4.78 is 0. The number of nitro benzene ring substituents is 1. The van der Waals surface area contributed by atoms with Crippen molar-refractivity contribution in [2.75, 3.05) is 17.2 Å². The van der Waals surface area contributed by atoms with Crippen molar-refractivity contribution in [3.05, 3.63) is 70.3 Å². The van der Waals surface area contributed by atoms with Crippen LogP contribution >= 0.6 is 11.8 Å². The first-order valence-electron chi connectivity index (χ1n) is 8.18. The zero-order chi connectivity index (χ0) is 18.1. The summed E-state index contributed by atoms with van der Waals surface area (Å²) in [6.45, 7) is 0.557. The van der Waals surface area contributed by atoms with Gasteiger partial charge < -0.3 is 4.90 Å². The zero-order valence-corrected chi connectivity index (χ0v) is 14.6. The van der Waals surface area contributed by atoms with Gasteiger partial charge in [-0.1, -0.05) is 36.0 Å². The Morgan fingerprint density at radius 1 is 1.19 bits per heavy atom. The minimum atomic E-state index is -0.411. The maximum atomic E-state index is 12.6. The van der Waals surface area contributed by atoms with Crippen LogP contribution in [0.1, 0.15) is 5.56 Å². The Hall–Kier alpha value is -2.93. The van der Waals surface area contributed by atoms with Gasteiger partial charge in [0.05, 0.1) is 21.2 Å². The fraction of sp³-hybridized carbons (Fsp3) is 0.158. The zero-order valence-electron chi connectivity index (χ0n) is 13.8. The predicted molar refractivity (Wildman–Crippen MR) is 102 cm³/mol. The second-order valence-corrected chi connectivity index (χ2v) is 6.99. The van der Waals surface area contributed by atoms with Gasteiger partial charge in [0.1, 0.15) is 0 Å². The molecule has 0 unspecified atom stereocenters. The highest BCUT2D eigenvalue weighted by molar-refractivity contribution is 7.99. The Bertz CT molecular complexity index is 1020. The molecule has 0 aliphatic carbocycles. The van der Waals surface area contributed by atoms with E-state index < -0.39 is 4.92 Å². The van der Waals surface area contributed by atoms with Gasteiger partial charge in [0.15, 0.2) is 0 Å². The molecule has 6 nitrogen and oxygen atoms in total. The Kier molecular flexibility index (Phi) is 4.30. The van der Waals surface area contributed by atoms with E-state index in [1.165, 1.54) is 17.8 Å². The Morgan fingerprint density at radius 2 is 2.04 bits per heavy atom. The monoisotopic (exact) mass is 365 g/mol. The van der Waals surface area contributed by atoms with Crippen molar-refractivity contribution in [2.24, 2.45) is 0 Å². The summed E-state index contributed by atoms with van der Waals surface area (Å²) in [4.78, 5) is 29.3. The van der Waals surface area contributed by atoms with Crippen molar-refractivity contribution in [3.63, 3.8) is 0 Å². The molecule has 0 fully saturated rings. The summed E-state index contributed by atoms with van der Waals surface area (Å²) in [6.07, 6.45) is 0.641. The van der Waals surface area contributed by atoms with E-state index in [1.807, 2.05) is 36.4 Å². The van der Waals surface area contributed by atoms with Gasteiger partial charge in [0.2, 0.25) is 5.91 Å². The molecule has 26 heavy (non-hydrogen) atoms. The van der Waals surface area contributed by atoms with E-state index in [2.05, 4.69) is 4.98 Å². The number of carbonyl (C=O) groups excluding carboxylic acids is 1. The number of hydrogen-bond acceptors (Lipinski definition) is 5. The van der Waals surface area contributed by atoms with Crippen LogP contribution in [0.5, 0.6) is 0 Å². The van der Waals surface area contributed by atoms with Gasteiger partial charge >= 0.3 is 0 Å². The highest BCUT2D eigenvalue weighted by atomic mass is 32.2. The van der Waals surface area contributed by atoms with E-state index in [-0.39, 0.29) is 17.3 Å². The van der Waals surface area contributed by atoms with Crippen LogP contribution in [-0.4, -0.2) is 28.1 Å². The highest BCUT2D eigenvalue weighted by Gasteiger charge is 2.26. The fourth-order valence-corrected chi connectivity index (χ4v) is 3.86. The van der Waals surface area contributed by atoms with Gasteiger partial charge in [-0.25, -0.2) is 4.98 Å². The molecular formula is C19H15N3O3S. The molecular weight excluding hydrogens is 350 g/mol. The lowest BCUT2D eigenvalue weighted by atomic mass is 10.1. The second-order valence-electron chi connectivity index (χ2n) is 6.00. The van der Waals surface area contributed by atoms with Gasteiger partial charge in [0.25, 0.3) is 5.69 Å². The lowest BCUT2D eigenvalue weighted by molar-refractivity contribution is -0.384. The van der Waals surface area contributed by atoms with Crippen molar-refractivity contribution in [3.8, 4) is 0 Å². The molecule has 4 rings (SSSR count). The van der Waals surface area contributed by atoms with E-state index in [0.29, 0.717) is 13.0 Å². The number of para-hydroxylation sites is 1. The molecule has 130 valence electrons. The van der Waals surface area contributed by atoms with Crippen LogP contribution in [-0.2, 0) is 11.2 Å². The van der Waals surface area contributed by atoms with Crippen LogP contribution in [0.25, 0.3) is 10.9 Å². The molecule has 1 aliphatic heterocycles. The van der Waals surface area contributed by atoms with Crippen molar-refractivity contribution in [2.45, 2.75) is 11.4 Å². The first-order chi connectivity index (χ1) is 12.6. The Morgan fingerprint density at radius 3 is 2.88 bits per heavy atom. The van der Waals surface area contributed by atoms with E-state index >= 15 is 0 Å². The molecule has 1 amide bonds. The third-order valence-corrected chi connectivity index (χ3v) is 5.30. The molecule has 3 aromatic rings. The third-order valence-electron chi connectivity index (χ3n) is 4.39. The summed E-state index contributed by atoms with van der Waals surface area (Å²) in [6, 6.07) is 16.4. The number of benzene rings is 2. The van der Waals surface area contributed by atoms with Crippen LogP contribution in [0.4, 0.5) is 11.4 Å². The van der Waals surface area contributed by atoms with Crippen LogP contribution in [0, 0.1) is 10.1 Å². The number of amides is 1. The topological polar surface area (TPSA) is 76.3 Å². The quantitative estimate of drug-likeness (QED) is 0.399. The molecule has 7 heteroatoms. The number of thioether (sulfide) groups is 1. The van der Waals surface area contributed by atoms with Crippen LogP contribution in [0.15, 0.2) is 59.6 Å². The molecule has 1 aromatic heterocycles. The van der Waals surface area contributed by atoms with Gasteiger partial charge in [-0.15, -0.1) is 0 Å². The fourth-order valence-electron chi connectivity index (χ4n) is 3.10. The Labute approximate surface area is 154 Å². The average molecular weight is 365 g/mol. The molecule has 1 aliphatic rings. The number of carbonyl (C=O) groups is 1. The SMILES string of the molecule is O=C(CSc1ccc2ccccc2n1)N1CCc2cc([N+](=O)[O-])ccc21. The number of rotatable bonds is 4. The van der Waals surface area contributed by atoms with Crippen molar-refractivity contribution in [1.82, 2.24) is 4.98 Å². The Balaban J connectivity index is 1.47. The molecule has 0 bridgehead atoms. The van der Waals surface area contributed by atoms with Crippen molar-refractivity contribution in [1.29, 1.82) is 0 Å². The molecule has 0 N–H and O–H groups in total. The van der Waals surface area contributed by atoms with Crippen molar-refractivity contribution >= 4 is 39.9 Å². The number of pyridine rings is 1. The van der Waals surface area contributed by atoms with E-state index in [1.54, 1.807) is 17.0 Å². The van der Waals surface area contributed by atoms with E-state index in [4.69, 9.17) is 0 Å². The standard InChI is InChI=1S/C19H15N3O3S/c23-19(12-26-18-8-5-13-3-1-2-4-16(13)20-18)21-10-9-14-11-15(22(24)25)6-7-17(14)21/h1-8,11H,9-10,12H2. The maximum absolute atomic E-state index is 12.6. The van der Waals surface area contributed by atoms with Crippen LogP contribution in [0.2, 0.25) is 0 Å². The average Bonchev–Trinajstić information content (AvgIpc) is 3.09.